The molecule has 0 atom stereocenters. The number of carbonyl (C=O) groups is 2. The van der Waals surface area contributed by atoms with E-state index < -0.39 is 5.60 Å². The van der Waals surface area contributed by atoms with Gasteiger partial charge in [-0.2, -0.15) is 5.10 Å². The van der Waals surface area contributed by atoms with Gasteiger partial charge >= 0.3 is 6.09 Å². The van der Waals surface area contributed by atoms with Gasteiger partial charge in [0.2, 0.25) is 5.91 Å². The number of likely N-dealkylation sites (tertiary alicyclic amines) is 1. The Hall–Kier alpha value is -2.57. The summed E-state index contributed by atoms with van der Waals surface area (Å²) >= 11 is 0. The lowest BCUT2D eigenvalue weighted by molar-refractivity contribution is -0.126. The highest BCUT2D eigenvalue weighted by atomic mass is 16.6. The van der Waals surface area contributed by atoms with Crippen LogP contribution in [-0.2, 0) is 16.1 Å². The zero-order valence-corrected chi connectivity index (χ0v) is 15.5. The van der Waals surface area contributed by atoms with Crippen molar-refractivity contribution in [1.29, 1.82) is 0 Å². The van der Waals surface area contributed by atoms with Crippen LogP contribution in [0.1, 0.15) is 39.2 Å². The highest BCUT2D eigenvalue weighted by Crippen LogP contribution is 2.20. The lowest BCUT2D eigenvalue weighted by Crippen LogP contribution is -2.44. The number of rotatable bonds is 3. The summed E-state index contributed by atoms with van der Waals surface area (Å²) in [5, 5.41) is 10.9. The summed E-state index contributed by atoms with van der Waals surface area (Å²) in [6, 6.07) is 5.96. The summed E-state index contributed by atoms with van der Waals surface area (Å²) < 4.78 is 5.39. The summed E-state index contributed by atoms with van der Waals surface area (Å²) in [5.41, 5.74) is 1.52. The molecule has 7 nitrogen and oxygen atoms in total. The molecule has 2 amide bonds. The van der Waals surface area contributed by atoms with E-state index in [9.17, 15) is 9.59 Å². The Bertz CT molecular complexity index is 785. The van der Waals surface area contributed by atoms with Crippen molar-refractivity contribution in [2.24, 2.45) is 5.92 Å². The number of piperidine rings is 1. The van der Waals surface area contributed by atoms with Crippen LogP contribution >= 0.6 is 0 Å². The zero-order valence-electron chi connectivity index (χ0n) is 15.5. The minimum absolute atomic E-state index is 0.0427. The number of benzene rings is 1. The zero-order chi connectivity index (χ0) is 18.7. The minimum atomic E-state index is -0.499. The van der Waals surface area contributed by atoms with Crippen LogP contribution in [0.25, 0.3) is 10.9 Å². The standard InChI is InChI=1S/C19H26N4O3/c1-19(2,3)26-18(25)23-8-6-14(7-9-23)17(24)20-11-13-4-5-16-15(10-13)12-21-22-16/h4-5,10,12,14H,6-9,11H2,1-3H3,(H,20,24)(H,21,22). The summed E-state index contributed by atoms with van der Waals surface area (Å²) in [5.74, 6) is -0.0209. The predicted molar refractivity (Wildman–Crippen MR) is 98.5 cm³/mol. The van der Waals surface area contributed by atoms with Gasteiger partial charge in [0, 0.05) is 30.9 Å². The second-order valence-corrected chi connectivity index (χ2v) is 7.75. The third-order valence-corrected chi connectivity index (χ3v) is 4.49. The molecule has 2 N–H and O–H groups in total. The second kappa shape index (κ2) is 7.35. The lowest BCUT2D eigenvalue weighted by atomic mass is 9.96. The van der Waals surface area contributed by atoms with Gasteiger partial charge in [0.15, 0.2) is 0 Å². The lowest BCUT2D eigenvalue weighted by Gasteiger charge is -2.32. The van der Waals surface area contributed by atoms with E-state index in [0.717, 1.165) is 16.5 Å². The number of hydrogen-bond donors (Lipinski definition) is 2. The van der Waals surface area contributed by atoms with Crippen molar-refractivity contribution in [3.05, 3.63) is 30.0 Å². The predicted octanol–water partition coefficient (Wildman–Crippen LogP) is 2.83. The van der Waals surface area contributed by atoms with Gasteiger partial charge in [-0.25, -0.2) is 4.79 Å². The maximum atomic E-state index is 12.4. The maximum absolute atomic E-state index is 12.4. The highest BCUT2D eigenvalue weighted by Gasteiger charge is 2.29. The first-order chi connectivity index (χ1) is 12.3. The Balaban J connectivity index is 1.47. The van der Waals surface area contributed by atoms with Crippen molar-refractivity contribution < 1.29 is 14.3 Å². The molecule has 26 heavy (non-hydrogen) atoms. The topological polar surface area (TPSA) is 87.3 Å². The number of H-pyrrole nitrogens is 1. The molecule has 1 saturated heterocycles. The number of amides is 2. The van der Waals surface area contributed by atoms with Crippen LogP contribution in [0.3, 0.4) is 0 Å². The van der Waals surface area contributed by atoms with E-state index in [0.29, 0.717) is 32.5 Å². The van der Waals surface area contributed by atoms with Crippen LogP contribution in [-0.4, -0.2) is 45.8 Å². The summed E-state index contributed by atoms with van der Waals surface area (Å²) in [6.45, 7) is 7.15. The fourth-order valence-corrected chi connectivity index (χ4v) is 3.09. The summed E-state index contributed by atoms with van der Waals surface area (Å²) in [4.78, 5) is 26.2. The number of aromatic nitrogens is 2. The molecule has 0 spiro atoms. The fraction of sp³-hybridized carbons (Fsp3) is 0.526. The van der Waals surface area contributed by atoms with Gasteiger partial charge in [0.25, 0.3) is 0 Å². The second-order valence-electron chi connectivity index (χ2n) is 7.75. The normalized spacial score (nSPS) is 15.9. The van der Waals surface area contributed by atoms with E-state index in [1.54, 1.807) is 11.1 Å². The molecule has 0 unspecified atom stereocenters. The third kappa shape index (κ3) is 4.53. The fourth-order valence-electron chi connectivity index (χ4n) is 3.09. The molecule has 2 heterocycles. The molecule has 1 aromatic heterocycles. The van der Waals surface area contributed by atoms with Gasteiger partial charge in [-0.05, 0) is 51.3 Å². The molecule has 1 fully saturated rings. The SMILES string of the molecule is CC(C)(C)OC(=O)N1CCC(C(=O)NCc2ccc3[nH]ncc3c2)CC1. The Morgan fingerprint density at radius 1 is 1.31 bits per heavy atom. The molecule has 3 rings (SSSR count). The summed E-state index contributed by atoms with van der Waals surface area (Å²) in [7, 11) is 0. The molecule has 0 bridgehead atoms. The Labute approximate surface area is 153 Å². The number of nitrogens with one attached hydrogen (secondary N) is 2. The van der Waals surface area contributed by atoms with Crippen LogP contribution in [0.2, 0.25) is 0 Å². The van der Waals surface area contributed by atoms with Crippen molar-refractivity contribution >= 4 is 22.9 Å². The average Bonchev–Trinajstić information content (AvgIpc) is 3.06. The quantitative estimate of drug-likeness (QED) is 0.883. The molecule has 0 saturated carbocycles. The van der Waals surface area contributed by atoms with Crippen LogP contribution in [0.4, 0.5) is 4.79 Å². The molecule has 0 radical (unpaired) electrons. The van der Waals surface area contributed by atoms with Gasteiger partial charge < -0.3 is 15.0 Å². The number of fused-ring (bicyclic) bond motifs is 1. The van der Waals surface area contributed by atoms with Crippen molar-refractivity contribution in [2.75, 3.05) is 13.1 Å². The van der Waals surface area contributed by atoms with E-state index >= 15 is 0 Å². The van der Waals surface area contributed by atoms with E-state index in [-0.39, 0.29) is 17.9 Å². The van der Waals surface area contributed by atoms with Gasteiger partial charge in [-0.15, -0.1) is 0 Å². The third-order valence-electron chi connectivity index (χ3n) is 4.49. The van der Waals surface area contributed by atoms with Crippen LogP contribution in [0.15, 0.2) is 24.4 Å². The van der Waals surface area contributed by atoms with Gasteiger partial charge in [-0.1, -0.05) is 6.07 Å². The number of ether oxygens (including phenoxy) is 1. The number of nitrogens with zero attached hydrogens (tertiary/aromatic N) is 2. The Morgan fingerprint density at radius 2 is 2.04 bits per heavy atom. The first-order valence-corrected chi connectivity index (χ1v) is 8.99. The highest BCUT2D eigenvalue weighted by molar-refractivity contribution is 5.80. The minimum Gasteiger partial charge on any atom is -0.444 e. The van der Waals surface area contributed by atoms with E-state index in [1.165, 1.54) is 0 Å². The number of carbonyl (C=O) groups excluding carboxylic acids is 2. The van der Waals surface area contributed by atoms with Gasteiger partial charge in [-0.3, -0.25) is 9.89 Å². The molecule has 1 aliphatic rings. The van der Waals surface area contributed by atoms with Gasteiger partial charge in [0.1, 0.15) is 5.60 Å². The van der Waals surface area contributed by atoms with E-state index in [4.69, 9.17) is 4.74 Å². The van der Waals surface area contributed by atoms with Crippen LogP contribution < -0.4 is 5.32 Å². The maximum Gasteiger partial charge on any atom is 0.410 e. The first-order valence-electron chi connectivity index (χ1n) is 8.99. The van der Waals surface area contributed by atoms with Crippen molar-refractivity contribution in [3.63, 3.8) is 0 Å². The Morgan fingerprint density at radius 3 is 2.73 bits per heavy atom. The molecular weight excluding hydrogens is 332 g/mol. The average molecular weight is 358 g/mol. The van der Waals surface area contributed by atoms with E-state index in [1.807, 2.05) is 39.0 Å². The number of hydrogen-bond acceptors (Lipinski definition) is 4. The molecule has 1 aliphatic heterocycles. The smallest absolute Gasteiger partial charge is 0.410 e. The van der Waals surface area contributed by atoms with Crippen molar-refractivity contribution in [3.8, 4) is 0 Å². The molecule has 140 valence electrons. The van der Waals surface area contributed by atoms with Crippen molar-refractivity contribution in [1.82, 2.24) is 20.4 Å². The summed E-state index contributed by atoms with van der Waals surface area (Å²) in [6.07, 6.45) is 2.79. The molecule has 2 aromatic rings. The van der Waals surface area contributed by atoms with E-state index in [2.05, 4.69) is 15.5 Å². The number of aromatic amines is 1. The van der Waals surface area contributed by atoms with Crippen LogP contribution in [0, 0.1) is 5.92 Å². The molecule has 1 aromatic carbocycles. The first kappa shape index (κ1) is 18.2. The molecular formula is C19H26N4O3. The Kier molecular flexibility index (Phi) is 5.15. The van der Waals surface area contributed by atoms with Gasteiger partial charge in [0.05, 0.1) is 11.7 Å². The van der Waals surface area contributed by atoms with Crippen LogP contribution in [0.5, 0.6) is 0 Å². The van der Waals surface area contributed by atoms with Crippen molar-refractivity contribution in [2.45, 2.75) is 45.8 Å². The monoisotopic (exact) mass is 358 g/mol. The largest absolute Gasteiger partial charge is 0.444 e. The molecule has 0 aliphatic carbocycles. The molecule has 7 heteroatoms.